The lowest BCUT2D eigenvalue weighted by atomic mass is 10.2. The molecule has 7 nitrogen and oxygen atoms in total. The molecule has 1 amide bonds. The molecule has 0 aliphatic carbocycles. The lowest BCUT2D eigenvalue weighted by Crippen LogP contribution is -2.22. The van der Waals surface area contributed by atoms with Crippen LogP contribution in [0.1, 0.15) is 17.7 Å². The fourth-order valence-electron chi connectivity index (χ4n) is 1.99. The third-order valence-electron chi connectivity index (χ3n) is 3.07. The summed E-state index contributed by atoms with van der Waals surface area (Å²) in [6.45, 7) is 0.594. The predicted octanol–water partition coefficient (Wildman–Crippen LogP) is 1.48. The molecule has 3 aromatic rings. The molecule has 0 aliphatic heterocycles. The molecule has 7 heteroatoms. The van der Waals surface area contributed by atoms with Crippen molar-refractivity contribution in [2.75, 3.05) is 6.54 Å². The molecule has 0 unspecified atom stereocenters. The van der Waals surface area contributed by atoms with Gasteiger partial charge < -0.3 is 9.73 Å². The normalized spacial score (nSPS) is 11.3. The SMILES string of the molecule is O=C(C=Cc1ccco1)NCCCc1cnc2ncnn2c1. The van der Waals surface area contributed by atoms with Gasteiger partial charge in [-0.25, -0.2) is 9.50 Å². The lowest BCUT2D eigenvalue weighted by molar-refractivity contribution is -0.116. The Morgan fingerprint density at radius 3 is 3.23 bits per heavy atom. The van der Waals surface area contributed by atoms with E-state index in [4.69, 9.17) is 4.42 Å². The molecule has 1 N–H and O–H groups in total. The number of furan rings is 1. The molecular formula is C15H15N5O2. The molecule has 0 saturated carbocycles. The van der Waals surface area contributed by atoms with Gasteiger partial charge in [-0.15, -0.1) is 0 Å². The molecule has 0 bridgehead atoms. The van der Waals surface area contributed by atoms with Crippen LogP contribution < -0.4 is 5.32 Å². The molecule has 0 aromatic carbocycles. The van der Waals surface area contributed by atoms with Gasteiger partial charge in [0.25, 0.3) is 5.78 Å². The Hall–Kier alpha value is -2.96. The van der Waals surface area contributed by atoms with Gasteiger partial charge in [0.15, 0.2) is 0 Å². The number of carbonyl (C=O) groups is 1. The first-order valence-corrected chi connectivity index (χ1v) is 6.95. The van der Waals surface area contributed by atoms with E-state index in [0.29, 0.717) is 18.1 Å². The number of hydrogen-bond donors (Lipinski definition) is 1. The summed E-state index contributed by atoms with van der Waals surface area (Å²) in [7, 11) is 0. The number of carbonyl (C=O) groups excluding carboxylic acids is 1. The molecule has 0 spiro atoms. The molecule has 112 valence electrons. The average Bonchev–Trinajstić information content (AvgIpc) is 3.20. The van der Waals surface area contributed by atoms with E-state index in [1.54, 1.807) is 35.2 Å². The molecular weight excluding hydrogens is 282 g/mol. The number of aryl methyl sites for hydroxylation is 1. The maximum Gasteiger partial charge on any atom is 0.252 e. The Morgan fingerprint density at radius 1 is 1.41 bits per heavy atom. The maximum absolute atomic E-state index is 11.6. The quantitative estimate of drug-likeness (QED) is 0.550. The first-order chi connectivity index (χ1) is 10.8. The minimum atomic E-state index is -0.138. The first kappa shape index (κ1) is 14.0. The molecule has 22 heavy (non-hydrogen) atoms. The van der Waals surface area contributed by atoms with E-state index in [9.17, 15) is 4.79 Å². The largest absolute Gasteiger partial charge is 0.465 e. The Labute approximate surface area is 126 Å². The summed E-state index contributed by atoms with van der Waals surface area (Å²) in [5, 5.41) is 6.86. The molecule has 0 aliphatic rings. The minimum Gasteiger partial charge on any atom is -0.465 e. The van der Waals surface area contributed by atoms with Gasteiger partial charge in [-0.05, 0) is 36.6 Å². The summed E-state index contributed by atoms with van der Waals surface area (Å²) in [6.07, 6.45) is 11.4. The molecule has 0 atom stereocenters. The van der Waals surface area contributed by atoms with Crippen molar-refractivity contribution in [2.24, 2.45) is 0 Å². The van der Waals surface area contributed by atoms with Gasteiger partial charge >= 0.3 is 0 Å². The zero-order valence-corrected chi connectivity index (χ0v) is 11.8. The van der Waals surface area contributed by atoms with Gasteiger partial charge in [0, 0.05) is 25.0 Å². The summed E-state index contributed by atoms with van der Waals surface area (Å²) < 4.78 is 6.75. The van der Waals surface area contributed by atoms with Gasteiger partial charge in [0.1, 0.15) is 12.1 Å². The van der Waals surface area contributed by atoms with Crippen LogP contribution in [0.4, 0.5) is 0 Å². The van der Waals surface area contributed by atoms with Crippen molar-refractivity contribution >= 4 is 17.8 Å². The number of fused-ring (bicyclic) bond motifs is 1. The first-order valence-electron chi connectivity index (χ1n) is 6.95. The fraction of sp³-hybridized carbons (Fsp3) is 0.200. The number of rotatable bonds is 6. The molecule has 0 saturated heterocycles. The topological polar surface area (TPSA) is 85.3 Å². The van der Waals surface area contributed by atoms with Crippen molar-refractivity contribution in [3.63, 3.8) is 0 Å². The standard InChI is InChI=1S/C15H15N5O2/c21-14(6-5-13-4-2-8-22-13)16-7-1-3-12-9-17-15-18-11-19-20(15)10-12/h2,4-6,8-11H,1,3,7H2,(H,16,21). The fourth-order valence-corrected chi connectivity index (χ4v) is 1.99. The number of nitrogens with one attached hydrogen (secondary N) is 1. The smallest absolute Gasteiger partial charge is 0.252 e. The van der Waals surface area contributed by atoms with Gasteiger partial charge in [-0.3, -0.25) is 4.79 Å². The van der Waals surface area contributed by atoms with Crippen LogP contribution in [0, 0.1) is 0 Å². The highest BCUT2D eigenvalue weighted by atomic mass is 16.3. The summed E-state index contributed by atoms with van der Waals surface area (Å²) in [5.41, 5.74) is 1.05. The van der Waals surface area contributed by atoms with E-state index in [2.05, 4.69) is 20.4 Å². The molecule has 3 rings (SSSR count). The second-order valence-corrected chi connectivity index (χ2v) is 4.71. The molecule has 0 radical (unpaired) electrons. The highest BCUT2D eigenvalue weighted by molar-refractivity contribution is 5.91. The highest BCUT2D eigenvalue weighted by Crippen LogP contribution is 2.03. The van der Waals surface area contributed by atoms with Crippen molar-refractivity contribution in [3.8, 4) is 0 Å². The zero-order valence-electron chi connectivity index (χ0n) is 11.8. The number of amides is 1. The summed E-state index contributed by atoms with van der Waals surface area (Å²) in [4.78, 5) is 19.8. The summed E-state index contributed by atoms with van der Waals surface area (Å²) in [5.74, 6) is 1.10. The minimum absolute atomic E-state index is 0.138. The Bertz CT molecular complexity index is 776. The Morgan fingerprint density at radius 2 is 2.36 bits per heavy atom. The maximum atomic E-state index is 11.6. The number of aromatic nitrogens is 4. The average molecular weight is 297 g/mol. The highest BCUT2D eigenvalue weighted by Gasteiger charge is 2.00. The van der Waals surface area contributed by atoms with Crippen LogP contribution in [-0.2, 0) is 11.2 Å². The monoisotopic (exact) mass is 297 g/mol. The van der Waals surface area contributed by atoms with Crippen LogP contribution in [0.3, 0.4) is 0 Å². The van der Waals surface area contributed by atoms with Crippen molar-refractivity contribution in [1.29, 1.82) is 0 Å². The van der Waals surface area contributed by atoms with Gasteiger partial charge in [0.2, 0.25) is 5.91 Å². The zero-order chi connectivity index (χ0) is 15.2. The van der Waals surface area contributed by atoms with Gasteiger partial charge in [-0.1, -0.05) is 0 Å². The Kier molecular flexibility index (Phi) is 4.24. The lowest BCUT2D eigenvalue weighted by Gasteiger charge is -2.03. The van der Waals surface area contributed by atoms with E-state index >= 15 is 0 Å². The summed E-state index contributed by atoms with van der Waals surface area (Å²) >= 11 is 0. The molecule has 0 fully saturated rings. The van der Waals surface area contributed by atoms with Gasteiger partial charge in [-0.2, -0.15) is 10.1 Å². The van der Waals surface area contributed by atoms with Crippen molar-refractivity contribution in [2.45, 2.75) is 12.8 Å². The van der Waals surface area contributed by atoms with Crippen LogP contribution in [0.15, 0.2) is 47.6 Å². The van der Waals surface area contributed by atoms with E-state index in [1.165, 1.54) is 12.4 Å². The second-order valence-electron chi connectivity index (χ2n) is 4.71. The third-order valence-corrected chi connectivity index (χ3v) is 3.07. The van der Waals surface area contributed by atoms with Crippen LogP contribution in [0.2, 0.25) is 0 Å². The number of hydrogen-bond acceptors (Lipinski definition) is 5. The van der Waals surface area contributed by atoms with E-state index in [0.717, 1.165) is 18.4 Å². The number of nitrogens with zero attached hydrogens (tertiary/aromatic N) is 4. The molecule has 3 heterocycles. The van der Waals surface area contributed by atoms with Gasteiger partial charge in [0.05, 0.1) is 6.26 Å². The van der Waals surface area contributed by atoms with Crippen LogP contribution >= 0.6 is 0 Å². The molecule has 3 aromatic heterocycles. The van der Waals surface area contributed by atoms with Crippen LogP contribution in [0.25, 0.3) is 11.9 Å². The van der Waals surface area contributed by atoms with E-state index < -0.39 is 0 Å². The Balaban J connectivity index is 1.42. The van der Waals surface area contributed by atoms with E-state index in [1.807, 2.05) is 6.20 Å². The van der Waals surface area contributed by atoms with Crippen molar-refractivity contribution in [1.82, 2.24) is 24.9 Å². The second kappa shape index (κ2) is 6.66. The van der Waals surface area contributed by atoms with Crippen LogP contribution in [-0.4, -0.2) is 32.0 Å². The predicted molar refractivity (Wildman–Crippen MR) is 79.9 cm³/mol. The van der Waals surface area contributed by atoms with Crippen LogP contribution in [0.5, 0.6) is 0 Å². The summed E-state index contributed by atoms with van der Waals surface area (Å²) in [6, 6.07) is 3.56. The van der Waals surface area contributed by atoms with Crippen molar-refractivity contribution in [3.05, 3.63) is 54.5 Å². The third kappa shape index (κ3) is 3.57. The van der Waals surface area contributed by atoms with Crippen molar-refractivity contribution < 1.29 is 9.21 Å². The van der Waals surface area contributed by atoms with E-state index in [-0.39, 0.29) is 5.91 Å².